The minimum Gasteiger partial charge on any atom is -0.384 e. The molecule has 0 amide bonds. The Bertz CT molecular complexity index is 601. The van der Waals surface area contributed by atoms with Gasteiger partial charge in [-0.25, -0.2) is 0 Å². The van der Waals surface area contributed by atoms with Crippen molar-refractivity contribution >= 4 is 17.1 Å². The Labute approximate surface area is 128 Å². The second-order valence-electron chi connectivity index (χ2n) is 6.15. The molecule has 0 fully saturated rings. The van der Waals surface area contributed by atoms with Crippen LogP contribution in [0, 0.1) is 26.7 Å². The highest BCUT2D eigenvalue weighted by Gasteiger charge is 2.11. The minimum atomic E-state index is 0.635. The van der Waals surface area contributed by atoms with Gasteiger partial charge in [-0.3, -0.25) is 0 Å². The zero-order chi connectivity index (χ0) is 15.4. The van der Waals surface area contributed by atoms with Gasteiger partial charge in [0.1, 0.15) is 0 Å². The van der Waals surface area contributed by atoms with E-state index in [1.807, 2.05) is 6.07 Å². The number of hydrogen-bond donors (Lipinski definition) is 2. The molecule has 0 atom stereocenters. The molecule has 0 spiro atoms. The fourth-order valence-corrected chi connectivity index (χ4v) is 2.62. The van der Waals surface area contributed by atoms with Crippen LogP contribution >= 0.6 is 0 Å². The molecule has 0 saturated carbocycles. The van der Waals surface area contributed by atoms with Gasteiger partial charge >= 0.3 is 0 Å². The van der Waals surface area contributed by atoms with Crippen LogP contribution in [0.1, 0.15) is 30.5 Å². The molecule has 0 aromatic heterocycles. The predicted molar refractivity (Wildman–Crippen MR) is 93.7 cm³/mol. The molecule has 0 radical (unpaired) electrons. The van der Waals surface area contributed by atoms with E-state index in [0.29, 0.717) is 5.92 Å². The lowest BCUT2D eigenvalue weighted by Gasteiger charge is -2.20. The molecule has 0 unspecified atom stereocenters. The van der Waals surface area contributed by atoms with Crippen molar-refractivity contribution in [3.05, 3.63) is 53.1 Å². The molecular weight excluding hydrogens is 256 g/mol. The highest BCUT2D eigenvalue weighted by molar-refractivity contribution is 5.75. The Morgan fingerprint density at radius 2 is 1.52 bits per heavy atom. The summed E-state index contributed by atoms with van der Waals surface area (Å²) in [5.41, 5.74) is 7.47. The first-order valence-corrected chi connectivity index (χ1v) is 7.65. The highest BCUT2D eigenvalue weighted by atomic mass is 14.9. The van der Waals surface area contributed by atoms with Crippen LogP contribution in [0.25, 0.3) is 0 Å². The molecule has 2 aromatic carbocycles. The molecule has 0 aliphatic rings. The third-order valence-corrected chi connectivity index (χ3v) is 3.70. The molecule has 21 heavy (non-hydrogen) atoms. The normalized spacial score (nSPS) is 10.8. The number of nitrogens with one attached hydrogen (secondary N) is 2. The van der Waals surface area contributed by atoms with Gasteiger partial charge in [-0.2, -0.15) is 0 Å². The summed E-state index contributed by atoms with van der Waals surface area (Å²) in [5, 5.41) is 7.15. The third kappa shape index (κ3) is 3.78. The van der Waals surface area contributed by atoms with E-state index in [1.54, 1.807) is 0 Å². The van der Waals surface area contributed by atoms with Crippen molar-refractivity contribution in [3.63, 3.8) is 0 Å². The summed E-state index contributed by atoms with van der Waals surface area (Å²) < 4.78 is 0. The topological polar surface area (TPSA) is 24.1 Å². The molecular formula is C19H26N2. The van der Waals surface area contributed by atoms with Crippen LogP contribution in [-0.2, 0) is 0 Å². The SMILES string of the molecule is Cc1cc(C)c(Nc2ccccc2)c(C)c1NCC(C)C. The summed E-state index contributed by atoms with van der Waals surface area (Å²) in [7, 11) is 0. The predicted octanol–water partition coefficient (Wildman–Crippen LogP) is 5.42. The van der Waals surface area contributed by atoms with Gasteiger partial charge in [0.15, 0.2) is 0 Å². The first-order chi connectivity index (χ1) is 9.99. The molecule has 2 aromatic rings. The average molecular weight is 282 g/mol. The molecule has 2 nitrogen and oxygen atoms in total. The summed E-state index contributed by atoms with van der Waals surface area (Å²) in [6.07, 6.45) is 0. The van der Waals surface area contributed by atoms with Gasteiger partial charge in [0.25, 0.3) is 0 Å². The Kier molecular flexibility index (Phi) is 4.89. The lowest BCUT2D eigenvalue weighted by molar-refractivity contribution is 0.688. The van der Waals surface area contributed by atoms with Gasteiger partial charge in [-0.1, -0.05) is 38.1 Å². The molecule has 2 N–H and O–H groups in total. The van der Waals surface area contributed by atoms with E-state index < -0.39 is 0 Å². The van der Waals surface area contributed by atoms with E-state index in [4.69, 9.17) is 0 Å². The van der Waals surface area contributed by atoms with E-state index in [1.165, 1.54) is 28.1 Å². The van der Waals surface area contributed by atoms with Crippen LogP contribution < -0.4 is 10.6 Å². The van der Waals surface area contributed by atoms with E-state index in [-0.39, 0.29) is 0 Å². The van der Waals surface area contributed by atoms with Crippen molar-refractivity contribution in [1.82, 2.24) is 0 Å². The number of hydrogen-bond acceptors (Lipinski definition) is 2. The van der Waals surface area contributed by atoms with Crippen LogP contribution in [0.3, 0.4) is 0 Å². The van der Waals surface area contributed by atoms with Crippen molar-refractivity contribution in [2.24, 2.45) is 5.92 Å². The molecule has 0 aliphatic heterocycles. The number of para-hydroxylation sites is 1. The molecule has 0 saturated heterocycles. The van der Waals surface area contributed by atoms with E-state index in [0.717, 1.165) is 12.2 Å². The maximum atomic E-state index is 3.59. The fraction of sp³-hybridized carbons (Fsp3) is 0.368. The maximum Gasteiger partial charge on any atom is 0.0464 e. The first kappa shape index (κ1) is 15.4. The monoisotopic (exact) mass is 282 g/mol. The standard InChI is InChI=1S/C19H26N2/c1-13(2)12-20-18-14(3)11-15(4)19(16(18)5)21-17-9-7-6-8-10-17/h6-11,13,20-21H,12H2,1-5H3. The lowest BCUT2D eigenvalue weighted by Crippen LogP contribution is -2.11. The van der Waals surface area contributed by atoms with Crippen molar-refractivity contribution in [2.45, 2.75) is 34.6 Å². The molecule has 0 aliphatic carbocycles. The Morgan fingerprint density at radius 3 is 2.14 bits per heavy atom. The minimum absolute atomic E-state index is 0.635. The molecule has 112 valence electrons. The van der Waals surface area contributed by atoms with Crippen molar-refractivity contribution in [2.75, 3.05) is 17.2 Å². The maximum absolute atomic E-state index is 3.59. The van der Waals surface area contributed by atoms with E-state index >= 15 is 0 Å². The van der Waals surface area contributed by atoms with Crippen LogP contribution in [-0.4, -0.2) is 6.54 Å². The Morgan fingerprint density at radius 1 is 0.905 bits per heavy atom. The zero-order valence-electron chi connectivity index (χ0n) is 13.7. The third-order valence-electron chi connectivity index (χ3n) is 3.70. The summed E-state index contributed by atoms with van der Waals surface area (Å²) >= 11 is 0. The van der Waals surface area contributed by atoms with Crippen LogP contribution in [0.2, 0.25) is 0 Å². The summed E-state index contributed by atoms with van der Waals surface area (Å²) in [5.74, 6) is 0.635. The molecule has 0 heterocycles. The lowest BCUT2D eigenvalue weighted by atomic mass is 10.0. The van der Waals surface area contributed by atoms with Crippen molar-refractivity contribution in [3.8, 4) is 0 Å². The number of anilines is 3. The Balaban J connectivity index is 2.34. The zero-order valence-corrected chi connectivity index (χ0v) is 13.7. The van der Waals surface area contributed by atoms with Crippen LogP contribution in [0.4, 0.5) is 17.1 Å². The largest absolute Gasteiger partial charge is 0.384 e. The fourth-order valence-electron chi connectivity index (χ4n) is 2.62. The second kappa shape index (κ2) is 6.66. The Hall–Kier alpha value is -1.96. The molecule has 2 rings (SSSR count). The quantitative estimate of drug-likeness (QED) is 0.764. The van der Waals surface area contributed by atoms with Gasteiger partial charge in [-0.05, 0) is 55.5 Å². The highest BCUT2D eigenvalue weighted by Crippen LogP contribution is 2.33. The smallest absolute Gasteiger partial charge is 0.0464 e. The first-order valence-electron chi connectivity index (χ1n) is 7.65. The summed E-state index contributed by atoms with van der Waals surface area (Å²) in [6, 6.07) is 12.6. The van der Waals surface area contributed by atoms with Crippen molar-refractivity contribution in [1.29, 1.82) is 0 Å². The van der Waals surface area contributed by atoms with Gasteiger partial charge < -0.3 is 10.6 Å². The number of benzene rings is 2. The number of aryl methyl sites for hydroxylation is 2. The van der Waals surface area contributed by atoms with Crippen LogP contribution in [0.15, 0.2) is 36.4 Å². The summed E-state index contributed by atoms with van der Waals surface area (Å²) in [4.78, 5) is 0. The van der Waals surface area contributed by atoms with E-state index in [9.17, 15) is 0 Å². The average Bonchev–Trinajstić information content (AvgIpc) is 2.44. The molecule has 2 heteroatoms. The van der Waals surface area contributed by atoms with Gasteiger partial charge in [-0.15, -0.1) is 0 Å². The van der Waals surface area contributed by atoms with Gasteiger partial charge in [0.2, 0.25) is 0 Å². The number of rotatable bonds is 5. The van der Waals surface area contributed by atoms with Crippen molar-refractivity contribution < 1.29 is 0 Å². The molecule has 0 bridgehead atoms. The van der Waals surface area contributed by atoms with Crippen LogP contribution in [0.5, 0.6) is 0 Å². The van der Waals surface area contributed by atoms with Gasteiger partial charge in [0.05, 0.1) is 0 Å². The summed E-state index contributed by atoms with van der Waals surface area (Å²) in [6.45, 7) is 12.0. The second-order valence-corrected chi connectivity index (χ2v) is 6.15. The van der Waals surface area contributed by atoms with Gasteiger partial charge in [0, 0.05) is 23.6 Å². The van der Waals surface area contributed by atoms with E-state index in [2.05, 4.69) is 75.6 Å².